The van der Waals surface area contributed by atoms with E-state index in [1.807, 2.05) is 11.8 Å². The fourth-order valence-corrected chi connectivity index (χ4v) is 3.53. The van der Waals surface area contributed by atoms with Gasteiger partial charge in [-0.15, -0.1) is 0 Å². The molecule has 0 unspecified atom stereocenters. The number of hydrogen-bond donors (Lipinski definition) is 2. The minimum atomic E-state index is -0.693. The van der Waals surface area contributed by atoms with Crippen LogP contribution >= 0.6 is 11.8 Å². The Hall–Kier alpha value is -0.260. The van der Waals surface area contributed by atoms with Gasteiger partial charge >= 0.3 is 0 Å². The van der Waals surface area contributed by atoms with Gasteiger partial charge in [0.25, 0.3) is 0 Å². The zero-order valence-electron chi connectivity index (χ0n) is 10.2. The van der Waals surface area contributed by atoms with Crippen molar-refractivity contribution in [1.29, 1.82) is 0 Å². The minimum Gasteiger partial charge on any atom is -0.381 e. The first-order valence-corrected chi connectivity index (χ1v) is 7.59. The first-order valence-electron chi connectivity index (χ1n) is 6.43. The number of thioether (sulfide) groups is 1. The lowest BCUT2D eigenvalue weighted by molar-refractivity contribution is -0.129. The van der Waals surface area contributed by atoms with E-state index < -0.39 is 5.54 Å². The molecule has 2 saturated heterocycles. The molecule has 5 heteroatoms. The van der Waals surface area contributed by atoms with Gasteiger partial charge in [0.2, 0.25) is 5.91 Å². The van der Waals surface area contributed by atoms with Crippen LogP contribution in [0.5, 0.6) is 0 Å². The third kappa shape index (κ3) is 3.60. The van der Waals surface area contributed by atoms with Crippen LogP contribution in [-0.4, -0.2) is 42.7 Å². The highest BCUT2D eigenvalue weighted by molar-refractivity contribution is 7.99. The van der Waals surface area contributed by atoms with Crippen molar-refractivity contribution < 1.29 is 9.53 Å². The average molecular weight is 258 g/mol. The number of carbonyl (C=O) groups excluding carboxylic acids is 1. The quantitative estimate of drug-likeness (QED) is 0.784. The van der Waals surface area contributed by atoms with Crippen molar-refractivity contribution in [3.8, 4) is 0 Å². The second-order valence-electron chi connectivity index (χ2n) is 5.03. The van der Waals surface area contributed by atoms with Crippen LogP contribution in [0.3, 0.4) is 0 Å². The highest BCUT2D eigenvalue weighted by Crippen LogP contribution is 2.22. The zero-order chi connectivity index (χ0) is 12.1. The SMILES string of the molecule is NC1(C(=O)NCC2CCSCC2)CCOCC1. The Labute approximate surface area is 107 Å². The number of carbonyl (C=O) groups is 1. The molecule has 2 aliphatic rings. The lowest BCUT2D eigenvalue weighted by Gasteiger charge is -2.32. The molecule has 2 heterocycles. The van der Waals surface area contributed by atoms with E-state index >= 15 is 0 Å². The molecule has 1 amide bonds. The predicted octanol–water partition coefficient (Wildman–Crippen LogP) is 0.754. The van der Waals surface area contributed by atoms with Crippen LogP contribution in [0, 0.1) is 5.92 Å². The van der Waals surface area contributed by atoms with Gasteiger partial charge in [0.15, 0.2) is 0 Å². The Balaban J connectivity index is 1.75. The van der Waals surface area contributed by atoms with Crippen LogP contribution in [0.1, 0.15) is 25.7 Å². The van der Waals surface area contributed by atoms with Crippen molar-refractivity contribution in [2.75, 3.05) is 31.3 Å². The summed E-state index contributed by atoms with van der Waals surface area (Å²) in [5, 5.41) is 3.03. The molecule has 4 nitrogen and oxygen atoms in total. The van der Waals surface area contributed by atoms with Crippen molar-refractivity contribution in [3.05, 3.63) is 0 Å². The number of nitrogens with one attached hydrogen (secondary N) is 1. The molecule has 0 aromatic carbocycles. The summed E-state index contributed by atoms with van der Waals surface area (Å²) in [5.41, 5.74) is 5.43. The molecule has 0 saturated carbocycles. The summed E-state index contributed by atoms with van der Waals surface area (Å²) < 4.78 is 5.25. The number of ether oxygens (including phenoxy) is 1. The highest BCUT2D eigenvalue weighted by atomic mass is 32.2. The van der Waals surface area contributed by atoms with Gasteiger partial charge in [-0.2, -0.15) is 11.8 Å². The molecular formula is C12H22N2O2S. The summed E-state index contributed by atoms with van der Waals surface area (Å²) in [6, 6.07) is 0. The van der Waals surface area contributed by atoms with E-state index in [-0.39, 0.29) is 5.91 Å². The monoisotopic (exact) mass is 258 g/mol. The van der Waals surface area contributed by atoms with E-state index in [1.54, 1.807) is 0 Å². The lowest BCUT2D eigenvalue weighted by atomic mass is 9.90. The van der Waals surface area contributed by atoms with E-state index in [0.29, 0.717) is 32.0 Å². The van der Waals surface area contributed by atoms with E-state index in [4.69, 9.17) is 10.5 Å². The molecular weight excluding hydrogens is 236 g/mol. The Bertz CT molecular complexity index is 261. The Kier molecular flexibility index (Phi) is 4.70. The third-order valence-corrected chi connectivity index (χ3v) is 4.78. The van der Waals surface area contributed by atoms with Gasteiger partial charge in [-0.3, -0.25) is 4.79 Å². The molecule has 0 spiro atoms. The van der Waals surface area contributed by atoms with Gasteiger partial charge in [0, 0.05) is 19.8 Å². The third-order valence-electron chi connectivity index (χ3n) is 3.73. The Morgan fingerprint density at radius 3 is 2.65 bits per heavy atom. The molecule has 0 aromatic rings. The summed E-state index contributed by atoms with van der Waals surface area (Å²) in [4.78, 5) is 12.1. The molecule has 17 heavy (non-hydrogen) atoms. The van der Waals surface area contributed by atoms with Crippen LogP contribution in [0.4, 0.5) is 0 Å². The van der Waals surface area contributed by atoms with Crippen LogP contribution in [0.2, 0.25) is 0 Å². The van der Waals surface area contributed by atoms with Gasteiger partial charge in [-0.25, -0.2) is 0 Å². The number of rotatable bonds is 3. The molecule has 2 fully saturated rings. The van der Waals surface area contributed by atoms with Gasteiger partial charge < -0.3 is 15.8 Å². The Morgan fingerprint density at radius 2 is 2.00 bits per heavy atom. The van der Waals surface area contributed by atoms with Crippen molar-refractivity contribution >= 4 is 17.7 Å². The first kappa shape index (κ1) is 13.2. The minimum absolute atomic E-state index is 0.0130. The molecule has 0 aromatic heterocycles. The maximum absolute atomic E-state index is 12.1. The molecule has 3 N–H and O–H groups in total. The van der Waals surface area contributed by atoms with Crippen LogP contribution < -0.4 is 11.1 Å². The number of amides is 1. The van der Waals surface area contributed by atoms with E-state index in [2.05, 4.69) is 5.32 Å². The average Bonchev–Trinajstić information content (AvgIpc) is 2.38. The van der Waals surface area contributed by atoms with Gasteiger partial charge in [-0.1, -0.05) is 0 Å². The fraction of sp³-hybridized carbons (Fsp3) is 0.917. The summed E-state index contributed by atoms with van der Waals surface area (Å²) in [7, 11) is 0. The molecule has 0 aliphatic carbocycles. The summed E-state index contributed by atoms with van der Waals surface area (Å²) >= 11 is 2.01. The van der Waals surface area contributed by atoms with E-state index in [9.17, 15) is 4.79 Å². The summed E-state index contributed by atoms with van der Waals surface area (Å²) in [6.07, 6.45) is 3.70. The van der Waals surface area contributed by atoms with E-state index in [0.717, 1.165) is 6.54 Å². The molecule has 0 bridgehead atoms. The Morgan fingerprint density at radius 1 is 1.35 bits per heavy atom. The van der Waals surface area contributed by atoms with Crippen LogP contribution in [0.25, 0.3) is 0 Å². The zero-order valence-corrected chi connectivity index (χ0v) is 11.1. The van der Waals surface area contributed by atoms with Crippen LogP contribution in [-0.2, 0) is 9.53 Å². The normalized spacial score (nSPS) is 25.5. The largest absolute Gasteiger partial charge is 0.381 e. The van der Waals surface area contributed by atoms with Crippen molar-refractivity contribution in [2.45, 2.75) is 31.2 Å². The van der Waals surface area contributed by atoms with Crippen molar-refractivity contribution in [3.63, 3.8) is 0 Å². The first-order chi connectivity index (χ1) is 8.21. The standard InChI is InChI=1S/C12H22N2O2S/c13-12(3-5-16-6-4-12)11(15)14-9-10-1-7-17-8-2-10/h10H,1-9,13H2,(H,14,15). The topological polar surface area (TPSA) is 64.4 Å². The molecule has 0 atom stereocenters. The maximum atomic E-state index is 12.1. The van der Waals surface area contributed by atoms with Gasteiger partial charge in [0.1, 0.15) is 0 Å². The molecule has 2 aliphatic heterocycles. The van der Waals surface area contributed by atoms with Crippen molar-refractivity contribution in [1.82, 2.24) is 5.32 Å². The number of hydrogen-bond acceptors (Lipinski definition) is 4. The fourth-order valence-electron chi connectivity index (χ4n) is 2.33. The lowest BCUT2D eigenvalue weighted by Crippen LogP contribution is -2.57. The van der Waals surface area contributed by atoms with Crippen molar-refractivity contribution in [2.24, 2.45) is 11.7 Å². The van der Waals surface area contributed by atoms with Gasteiger partial charge in [-0.05, 0) is 43.1 Å². The van der Waals surface area contributed by atoms with E-state index in [1.165, 1.54) is 24.3 Å². The van der Waals surface area contributed by atoms with Crippen LogP contribution in [0.15, 0.2) is 0 Å². The molecule has 2 rings (SSSR count). The molecule has 0 radical (unpaired) electrons. The second-order valence-corrected chi connectivity index (χ2v) is 6.26. The number of nitrogens with two attached hydrogens (primary N) is 1. The maximum Gasteiger partial charge on any atom is 0.240 e. The highest BCUT2D eigenvalue weighted by Gasteiger charge is 2.35. The smallest absolute Gasteiger partial charge is 0.240 e. The predicted molar refractivity (Wildman–Crippen MR) is 70.0 cm³/mol. The second kappa shape index (κ2) is 6.07. The summed E-state index contributed by atoms with van der Waals surface area (Å²) in [6.45, 7) is 1.99. The molecule has 98 valence electrons. The summed E-state index contributed by atoms with van der Waals surface area (Å²) in [5.74, 6) is 3.10. The van der Waals surface area contributed by atoms with Gasteiger partial charge in [0.05, 0.1) is 5.54 Å².